The zero-order valence-electron chi connectivity index (χ0n) is 20.5. The second kappa shape index (κ2) is 8.51. The van der Waals surface area contributed by atoms with Crippen LogP contribution in [0.1, 0.15) is 0 Å². The maximum atomic E-state index is 6.47. The topological polar surface area (TPSA) is 56.7 Å². The number of rotatable bonds is 3. The molecule has 3 aromatic heterocycles. The summed E-state index contributed by atoms with van der Waals surface area (Å²) in [4.78, 5) is 13.8. The molecule has 0 N–H and O–H groups in total. The van der Waals surface area contributed by atoms with E-state index in [4.69, 9.17) is 21.0 Å². The SMILES string of the molecule is Clc1nc(-c2ccc3oc4ccccc4c3c2)nc(-c2ccc3c4ccccc4n(-c4ccccc4)c3c2)n1. The fraction of sp³-hybridized carbons (Fsp3) is 0. The van der Waals surface area contributed by atoms with Crippen LogP contribution in [0, 0.1) is 0 Å². The van der Waals surface area contributed by atoms with E-state index >= 15 is 0 Å². The lowest BCUT2D eigenvalue weighted by molar-refractivity contribution is 0.669. The molecular weight excluding hydrogens is 504 g/mol. The van der Waals surface area contributed by atoms with Crippen LogP contribution in [-0.2, 0) is 0 Å². The average Bonchev–Trinajstić information content (AvgIpc) is 3.52. The van der Waals surface area contributed by atoms with E-state index in [9.17, 15) is 0 Å². The van der Waals surface area contributed by atoms with Gasteiger partial charge in [0.1, 0.15) is 11.2 Å². The fourth-order valence-electron chi connectivity index (χ4n) is 5.44. The van der Waals surface area contributed by atoms with Crippen LogP contribution in [0.25, 0.3) is 72.2 Å². The van der Waals surface area contributed by atoms with Crippen molar-refractivity contribution in [3.05, 3.63) is 121 Å². The molecule has 8 aromatic rings. The Bertz CT molecular complexity index is 2200. The number of fused-ring (bicyclic) bond motifs is 6. The molecule has 0 spiro atoms. The smallest absolute Gasteiger partial charge is 0.226 e. The summed E-state index contributed by atoms with van der Waals surface area (Å²) in [5.74, 6) is 1.04. The molecule has 6 heteroatoms. The highest BCUT2D eigenvalue weighted by molar-refractivity contribution is 6.28. The number of para-hydroxylation sites is 3. The van der Waals surface area contributed by atoms with E-state index in [2.05, 4.69) is 81.3 Å². The highest BCUT2D eigenvalue weighted by Gasteiger charge is 2.16. The monoisotopic (exact) mass is 522 g/mol. The van der Waals surface area contributed by atoms with E-state index in [0.717, 1.165) is 55.2 Å². The third kappa shape index (κ3) is 3.51. The Morgan fingerprint density at radius 1 is 0.513 bits per heavy atom. The predicted molar refractivity (Wildman–Crippen MR) is 157 cm³/mol. The molecule has 0 fully saturated rings. The number of halogens is 1. The lowest BCUT2D eigenvalue weighted by Crippen LogP contribution is -1.98. The van der Waals surface area contributed by atoms with Gasteiger partial charge < -0.3 is 8.98 Å². The van der Waals surface area contributed by atoms with Gasteiger partial charge in [0.05, 0.1) is 11.0 Å². The molecule has 0 aliphatic carbocycles. The van der Waals surface area contributed by atoms with Gasteiger partial charge in [-0.1, -0.05) is 66.7 Å². The van der Waals surface area contributed by atoms with Gasteiger partial charge in [-0.25, -0.2) is 4.98 Å². The highest BCUT2D eigenvalue weighted by atomic mass is 35.5. The zero-order chi connectivity index (χ0) is 25.9. The van der Waals surface area contributed by atoms with Crippen molar-refractivity contribution in [2.75, 3.05) is 0 Å². The molecule has 0 atom stereocenters. The third-order valence-corrected chi connectivity index (χ3v) is 7.36. The van der Waals surface area contributed by atoms with Crippen molar-refractivity contribution < 1.29 is 4.42 Å². The van der Waals surface area contributed by atoms with Crippen molar-refractivity contribution in [2.45, 2.75) is 0 Å². The van der Waals surface area contributed by atoms with Crippen LogP contribution in [0.15, 0.2) is 120 Å². The Morgan fingerprint density at radius 2 is 1.15 bits per heavy atom. The Labute approximate surface area is 228 Å². The minimum absolute atomic E-state index is 0.149. The van der Waals surface area contributed by atoms with Gasteiger partial charge in [-0.2, -0.15) is 9.97 Å². The largest absolute Gasteiger partial charge is 0.456 e. The Balaban J connectivity index is 1.31. The van der Waals surface area contributed by atoms with Crippen molar-refractivity contribution in [1.82, 2.24) is 19.5 Å². The quantitative estimate of drug-likeness (QED) is 0.232. The first-order chi connectivity index (χ1) is 19.2. The molecular formula is C33H19ClN4O. The Hall–Kier alpha value is -5.00. The fourth-order valence-corrected chi connectivity index (χ4v) is 5.60. The first-order valence-corrected chi connectivity index (χ1v) is 13.0. The third-order valence-electron chi connectivity index (χ3n) is 7.19. The normalized spacial score (nSPS) is 11.7. The highest BCUT2D eigenvalue weighted by Crippen LogP contribution is 2.35. The number of hydrogen-bond acceptors (Lipinski definition) is 4. The number of hydrogen-bond donors (Lipinski definition) is 0. The summed E-state index contributed by atoms with van der Waals surface area (Å²) < 4.78 is 8.27. The summed E-state index contributed by atoms with van der Waals surface area (Å²) in [6.07, 6.45) is 0. The van der Waals surface area contributed by atoms with Crippen molar-refractivity contribution in [3.63, 3.8) is 0 Å². The van der Waals surface area contributed by atoms with Crippen LogP contribution in [0.4, 0.5) is 0 Å². The van der Waals surface area contributed by atoms with Gasteiger partial charge in [-0.05, 0) is 60.1 Å². The van der Waals surface area contributed by atoms with Crippen molar-refractivity contribution in [2.24, 2.45) is 0 Å². The Morgan fingerprint density at radius 3 is 2.00 bits per heavy atom. The average molecular weight is 523 g/mol. The molecule has 0 bridgehead atoms. The van der Waals surface area contributed by atoms with E-state index in [0.29, 0.717) is 11.6 Å². The number of benzene rings is 5. The molecule has 184 valence electrons. The van der Waals surface area contributed by atoms with E-state index in [-0.39, 0.29) is 5.28 Å². The summed E-state index contributed by atoms with van der Waals surface area (Å²) in [5, 5.41) is 4.56. The molecule has 0 saturated carbocycles. The predicted octanol–water partition coefficient (Wildman–Crippen LogP) is 8.86. The van der Waals surface area contributed by atoms with Gasteiger partial charge in [-0.15, -0.1) is 0 Å². The molecule has 3 heterocycles. The second-order valence-electron chi connectivity index (χ2n) is 9.48. The minimum Gasteiger partial charge on any atom is -0.456 e. The van der Waals surface area contributed by atoms with Gasteiger partial charge in [0.25, 0.3) is 0 Å². The van der Waals surface area contributed by atoms with Crippen LogP contribution in [-0.4, -0.2) is 19.5 Å². The summed E-state index contributed by atoms with van der Waals surface area (Å²) in [5.41, 5.74) is 6.69. The Kier molecular flexibility index (Phi) is 4.81. The summed E-state index contributed by atoms with van der Waals surface area (Å²) >= 11 is 6.47. The van der Waals surface area contributed by atoms with Crippen molar-refractivity contribution in [3.8, 4) is 28.5 Å². The molecule has 0 aliphatic heterocycles. The van der Waals surface area contributed by atoms with Crippen LogP contribution in [0.5, 0.6) is 0 Å². The first-order valence-electron chi connectivity index (χ1n) is 12.7. The molecule has 8 rings (SSSR count). The molecule has 39 heavy (non-hydrogen) atoms. The molecule has 0 unspecified atom stereocenters. The summed E-state index contributed by atoms with van der Waals surface area (Å²) in [7, 11) is 0. The van der Waals surface area contributed by atoms with Crippen LogP contribution in [0.3, 0.4) is 0 Å². The minimum atomic E-state index is 0.149. The van der Waals surface area contributed by atoms with Crippen molar-refractivity contribution >= 4 is 55.3 Å². The van der Waals surface area contributed by atoms with Gasteiger partial charge in [0.15, 0.2) is 11.6 Å². The summed E-state index contributed by atoms with van der Waals surface area (Å²) in [6.45, 7) is 0. The van der Waals surface area contributed by atoms with E-state index < -0.39 is 0 Å². The molecule has 0 amide bonds. The zero-order valence-corrected chi connectivity index (χ0v) is 21.3. The molecule has 0 radical (unpaired) electrons. The van der Waals surface area contributed by atoms with E-state index in [1.54, 1.807) is 0 Å². The molecule has 5 nitrogen and oxygen atoms in total. The van der Waals surface area contributed by atoms with Crippen LogP contribution >= 0.6 is 11.6 Å². The number of aromatic nitrogens is 4. The van der Waals surface area contributed by atoms with Gasteiger partial charge in [0.2, 0.25) is 5.28 Å². The van der Waals surface area contributed by atoms with E-state index in [1.807, 2.05) is 48.5 Å². The van der Waals surface area contributed by atoms with E-state index in [1.165, 1.54) is 5.39 Å². The molecule has 5 aromatic carbocycles. The maximum Gasteiger partial charge on any atom is 0.226 e. The molecule has 0 saturated heterocycles. The van der Waals surface area contributed by atoms with Crippen LogP contribution < -0.4 is 0 Å². The standard InChI is InChI=1S/C33H19ClN4O/c34-33-36-31(20-15-17-30-26(18-20)25-11-5-7-13-29(25)39-30)35-32(37-33)21-14-16-24-23-10-4-6-12-27(23)38(28(24)19-21)22-8-2-1-3-9-22/h1-19H. The van der Waals surface area contributed by atoms with Gasteiger partial charge in [-0.3, -0.25) is 0 Å². The van der Waals surface area contributed by atoms with Gasteiger partial charge >= 0.3 is 0 Å². The lowest BCUT2D eigenvalue weighted by atomic mass is 10.1. The molecule has 0 aliphatic rings. The maximum absolute atomic E-state index is 6.47. The first kappa shape index (κ1) is 22.0. The number of nitrogens with zero attached hydrogens (tertiary/aromatic N) is 4. The van der Waals surface area contributed by atoms with Crippen molar-refractivity contribution in [1.29, 1.82) is 0 Å². The number of furan rings is 1. The second-order valence-corrected chi connectivity index (χ2v) is 9.82. The van der Waals surface area contributed by atoms with Crippen LogP contribution in [0.2, 0.25) is 5.28 Å². The van der Waals surface area contributed by atoms with Gasteiger partial charge in [0, 0.05) is 38.4 Å². The lowest BCUT2D eigenvalue weighted by Gasteiger charge is -2.09. The summed E-state index contributed by atoms with van der Waals surface area (Å²) in [6, 6.07) is 39.1.